The van der Waals surface area contributed by atoms with Crippen LogP contribution in [0.3, 0.4) is 0 Å². The summed E-state index contributed by atoms with van der Waals surface area (Å²) in [5.41, 5.74) is 6.99. The molecule has 1 fully saturated rings. The molecule has 3 N–H and O–H groups in total. The Morgan fingerprint density at radius 2 is 2.28 bits per heavy atom. The normalized spacial score (nSPS) is 24.6. The Morgan fingerprint density at radius 3 is 2.83 bits per heavy atom. The minimum absolute atomic E-state index is 0.103. The van der Waals surface area contributed by atoms with Crippen LogP contribution in [0.15, 0.2) is 18.3 Å². The zero-order valence-corrected chi connectivity index (χ0v) is 11.1. The van der Waals surface area contributed by atoms with E-state index in [1.54, 1.807) is 0 Å². The molecule has 1 aromatic heterocycles. The third-order valence-corrected chi connectivity index (χ3v) is 3.27. The molecule has 1 aromatic rings. The number of aliphatic hydroxyl groups excluding tert-OH is 1. The first-order valence-electron chi connectivity index (χ1n) is 6.34. The smallest absolute Gasteiger partial charge is 0.128 e. The highest BCUT2D eigenvalue weighted by atomic mass is 16.3. The van der Waals surface area contributed by atoms with Crippen molar-refractivity contribution in [1.29, 1.82) is 0 Å². The molecule has 0 radical (unpaired) electrons. The first-order valence-corrected chi connectivity index (χ1v) is 6.34. The molecule has 100 valence electrons. The number of hydrogen-bond acceptors (Lipinski definition) is 5. The first-order chi connectivity index (χ1) is 8.56. The van der Waals surface area contributed by atoms with Crippen molar-refractivity contribution >= 4 is 5.82 Å². The van der Waals surface area contributed by atoms with E-state index < -0.39 is 6.10 Å². The number of rotatable bonds is 3. The predicted octanol–water partition coefficient (Wildman–Crippen LogP) is 0.0415. The predicted molar refractivity (Wildman–Crippen MR) is 72.4 cm³/mol. The van der Waals surface area contributed by atoms with Crippen LogP contribution in [-0.4, -0.2) is 54.3 Å². The van der Waals surface area contributed by atoms with Crippen LogP contribution >= 0.6 is 0 Å². The van der Waals surface area contributed by atoms with Gasteiger partial charge in [-0.05, 0) is 32.1 Å². The molecule has 2 atom stereocenters. The highest BCUT2D eigenvalue weighted by molar-refractivity contribution is 5.40. The number of nitrogens with two attached hydrogens (primary N) is 1. The molecule has 1 aliphatic heterocycles. The Kier molecular flexibility index (Phi) is 4.16. The SMILES string of the molecule is CN(C)Cc1ccc(N2CC[C@@H](N)[C@H](O)C2)nc1. The van der Waals surface area contributed by atoms with Gasteiger partial charge in [-0.3, -0.25) is 0 Å². The summed E-state index contributed by atoms with van der Waals surface area (Å²) < 4.78 is 0. The molecule has 1 saturated heterocycles. The Bertz CT molecular complexity index is 379. The van der Waals surface area contributed by atoms with E-state index >= 15 is 0 Å². The lowest BCUT2D eigenvalue weighted by molar-refractivity contribution is 0.131. The molecule has 2 heterocycles. The Balaban J connectivity index is 2.01. The largest absolute Gasteiger partial charge is 0.390 e. The zero-order chi connectivity index (χ0) is 13.1. The quantitative estimate of drug-likeness (QED) is 0.793. The number of nitrogens with zero attached hydrogens (tertiary/aromatic N) is 3. The van der Waals surface area contributed by atoms with Gasteiger partial charge < -0.3 is 20.6 Å². The van der Waals surface area contributed by atoms with Crippen molar-refractivity contribution in [1.82, 2.24) is 9.88 Å². The lowest BCUT2D eigenvalue weighted by Gasteiger charge is -2.34. The number of pyridine rings is 1. The van der Waals surface area contributed by atoms with Crippen molar-refractivity contribution in [3.63, 3.8) is 0 Å². The molecule has 2 rings (SSSR count). The second-order valence-corrected chi connectivity index (χ2v) is 5.23. The summed E-state index contributed by atoms with van der Waals surface area (Å²) >= 11 is 0. The topological polar surface area (TPSA) is 65.6 Å². The minimum Gasteiger partial charge on any atom is -0.390 e. The van der Waals surface area contributed by atoms with E-state index in [2.05, 4.69) is 20.9 Å². The van der Waals surface area contributed by atoms with Crippen molar-refractivity contribution in [3.05, 3.63) is 23.9 Å². The van der Waals surface area contributed by atoms with Crippen molar-refractivity contribution in [3.8, 4) is 0 Å². The molecule has 0 aliphatic carbocycles. The van der Waals surface area contributed by atoms with E-state index in [4.69, 9.17) is 5.73 Å². The van der Waals surface area contributed by atoms with Crippen molar-refractivity contribution in [2.75, 3.05) is 32.1 Å². The molecular formula is C13H22N4O. The lowest BCUT2D eigenvalue weighted by atomic mass is 10.0. The van der Waals surface area contributed by atoms with Crippen LogP contribution in [0.2, 0.25) is 0 Å². The molecule has 0 bridgehead atoms. The van der Waals surface area contributed by atoms with E-state index in [1.165, 1.54) is 5.56 Å². The molecule has 1 aliphatic rings. The van der Waals surface area contributed by atoms with Gasteiger partial charge in [-0.2, -0.15) is 0 Å². The second kappa shape index (κ2) is 5.65. The molecule has 5 heteroatoms. The monoisotopic (exact) mass is 250 g/mol. The van der Waals surface area contributed by atoms with Gasteiger partial charge in [0.15, 0.2) is 0 Å². The Labute approximate surface area is 108 Å². The maximum absolute atomic E-state index is 9.78. The van der Waals surface area contributed by atoms with Crippen molar-refractivity contribution in [2.45, 2.75) is 25.1 Å². The number of hydrogen-bond donors (Lipinski definition) is 2. The van der Waals surface area contributed by atoms with Gasteiger partial charge in [0, 0.05) is 31.9 Å². The van der Waals surface area contributed by atoms with E-state index in [0.717, 1.165) is 25.3 Å². The molecule has 0 spiro atoms. The standard InChI is InChI=1S/C13H22N4O/c1-16(2)8-10-3-4-13(15-7-10)17-6-5-11(14)12(18)9-17/h3-4,7,11-12,18H,5-6,8-9,14H2,1-2H3/t11-,12-/m1/s1. The summed E-state index contributed by atoms with van der Waals surface area (Å²) in [6, 6.07) is 4.00. The van der Waals surface area contributed by atoms with E-state index in [0.29, 0.717) is 6.54 Å². The van der Waals surface area contributed by atoms with Crippen LogP contribution in [0.1, 0.15) is 12.0 Å². The molecule has 18 heavy (non-hydrogen) atoms. The first kappa shape index (κ1) is 13.3. The van der Waals surface area contributed by atoms with E-state index in [9.17, 15) is 5.11 Å². The maximum Gasteiger partial charge on any atom is 0.128 e. The van der Waals surface area contributed by atoms with Gasteiger partial charge in [-0.25, -0.2) is 4.98 Å². The summed E-state index contributed by atoms with van der Waals surface area (Å²) in [4.78, 5) is 8.66. The number of aliphatic hydroxyl groups is 1. The summed E-state index contributed by atoms with van der Waals surface area (Å²) in [5.74, 6) is 0.920. The average molecular weight is 250 g/mol. The highest BCUT2D eigenvalue weighted by Crippen LogP contribution is 2.17. The number of aromatic nitrogens is 1. The summed E-state index contributed by atoms with van der Waals surface area (Å²) in [6.07, 6.45) is 2.25. The van der Waals surface area contributed by atoms with Crippen LogP contribution in [0.5, 0.6) is 0 Å². The van der Waals surface area contributed by atoms with Crippen molar-refractivity contribution in [2.24, 2.45) is 5.73 Å². The number of β-amino-alcohol motifs (C(OH)–C–C–N with tert-alkyl or cyclic N) is 1. The third kappa shape index (κ3) is 3.19. The maximum atomic E-state index is 9.78. The van der Waals surface area contributed by atoms with Gasteiger partial charge in [0.25, 0.3) is 0 Å². The Morgan fingerprint density at radius 1 is 1.50 bits per heavy atom. The van der Waals surface area contributed by atoms with Gasteiger partial charge >= 0.3 is 0 Å². The minimum atomic E-state index is -0.456. The van der Waals surface area contributed by atoms with Crippen LogP contribution in [0.25, 0.3) is 0 Å². The second-order valence-electron chi connectivity index (χ2n) is 5.23. The van der Waals surface area contributed by atoms with Gasteiger partial charge in [0.1, 0.15) is 5.82 Å². The third-order valence-electron chi connectivity index (χ3n) is 3.27. The van der Waals surface area contributed by atoms with Crippen LogP contribution in [-0.2, 0) is 6.54 Å². The fraction of sp³-hybridized carbons (Fsp3) is 0.615. The summed E-state index contributed by atoms with van der Waals surface area (Å²) in [7, 11) is 4.08. The average Bonchev–Trinajstić information content (AvgIpc) is 2.33. The van der Waals surface area contributed by atoms with Gasteiger partial charge in [-0.1, -0.05) is 6.07 Å². The number of piperidine rings is 1. The zero-order valence-electron chi connectivity index (χ0n) is 11.1. The van der Waals surface area contributed by atoms with Crippen LogP contribution < -0.4 is 10.6 Å². The molecule has 0 unspecified atom stereocenters. The summed E-state index contributed by atoms with van der Waals surface area (Å²) in [5, 5.41) is 9.78. The van der Waals surface area contributed by atoms with Crippen LogP contribution in [0.4, 0.5) is 5.82 Å². The molecule has 0 saturated carbocycles. The number of anilines is 1. The van der Waals surface area contributed by atoms with Crippen LogP contribution in [0, 0.1) is 0 Å². The Hall–Kier alpha value is -1.17. The lowest BCUT2D eigenvalue weighted by Crippen LogP contribution is -2.50. The molecular weight excluding hydrogens is 228 g/mol. The molecule has 0 amide bonds. The molecule has 5 nitrogen and oxygen atoms in total. The van der Waals surface area contributed by atoms with Crippen molar-refractivity contribution < 1.29 is 5.11 Å². The highest BCUT2D eigenvalue weighted by Gasteiger charge is 2.25. The molecule has 0 aromatic carbocycles. The van der Waals surface area contributed by atoms with Gasteiger partial charge in [0.2, 0.25) is 0 Å². The fourth-order valence-corrected chi connectivity index (χ4v) is 2.22. The van der Waals surface area contributed by atoms with E-state index in [-0.39, 0.29) is 6.04 Å². The van der Waals surface area contributed by atoms with E-state index in [1.807, 2.05) is 26.4 Å². The van der Waals surface area contributed by atoms with Gasteiger partial charge in [-0.15, -0.1) is 0 Å². The summed E-state index contributed by atoms with van der Waals surface area (Å²) in [6.45, 7) is 2.32. The fourth-order valence-electron chi connectivity index (χ4n) is 2.22. The van der Waals surface area contributed by atoms with Gasteiger partial charge in [0.05, 0.1) is 6.10 Å².